The molecule has 1 saturated heterocycles. The lowest BCUT2D eigenvalue weighted by molar-refractivity contribution is -0.121. The van der Waals surface area contributed by atoms with Crippen LogP contribution in [0.15, 0.2) is 53.4 Å². The van der Waals surface area contributed by atoms with Crippen molar-refractivity contribution in [2.24, 2.45) is 7.05 Å². The summed E-state index contributed by atoms with van der Waals surface area (Å²) in [6.45, 7) is 3.89. The van der Waals surface area contributed by atoms with Crippen LogP contribution >= 0.6 is 0 Å². The van der Waals surface area contributed by atoms with E-state index < -0.39 is 10.0 Å². The lowest BCUT2D eigenvalue weighted by Gasteiger charge is -2.25. The summed E-state index contributed by atoms with van der Waals surface area (Å²) in [6.07, 6.45) is 4.67. The topological polar surface area (TPSA) is 84.3 Å². The summed E-state index contributed by atoms with van der Waals surface area (Å²) in [5, 5.41) is 3.06. The maximum Gasteiger partial charge on any atom is 0.243 e. The van der Waals surface area contributed by atoms with Gasteiger partial charge in [-0.25, -0.2) is 13.4 Å². The Morgan fingerprint density at radius 3 is 2.53 bits per heavy atom. The van der Waals surface area contributed by atoms with Crippen LogP contribution in [0.2, 0.25) is 0 Å². The SMILES string of the molecule is CCC(CNC(=O)CCc1nc2cc(S(=O)(=O)N3CCCCC3)ccc2n1C)c1ccccc1. The number of piperidine rings is 1. The number of fused-ring (bicyclic) bond motifs is 1. The summed E-state index contributed by atoms with van der Waals surface area (Å²) >= 11 is 0. The molecule has 0 saturated carbocycles. The molecule has 1 atom stereocenters. The predicted molar refractivity (Wildman–Crippen MR) is 134 cm³/mol. The van der Waals surface area contributed by atoms with Crippen LogP contribution in [0.4, 0.5) is 0 Å². The third-order valence-corrected chi connectivity index (χ3v) is 8.68. The van der Waals surface area contributed by atoms with Crippen molar-refractivity contribution in [1.29, 1.82) is 0 Å². The van der Waals surface area contributed by atoms with Crippen LogP contribution in [-0.2, 0) is 28.3 Å². The number of rotatable bonds is 9. The number of aryl methyl sites for hydroxylation is 2. The Hall–Kier alpha value is -2.71. The summed E-state index contributed by atoms with van der Waals surface area (Å²) in [7, 11) is -1.60. The van der Waals surface area contributed by atoms with Crippen LogP contribution in [0.5, 0.6) is 0 Å². The molecule has 34 heavy (non-hydrogen) atoms. The van der Waals surface area contributed by atoms with Crippen LogP contribution in [-0.4, -0.2) is 47.8 Å². The van der Waals surface area contributed by atoms with Crippen LogP contribution in [0.1, 0.15) is 56.3 Å². The molecule has 0 aliphatic carbocycles. The number of hydrogen-bond acceptors (Lipinski definition) is 4. The minimum Gasteiger partial charge on any atom is -0.355 e. The molecular formula is C26H34N4O3S. The Kier molecular flexibility index (Phi) is 7.68. The van der Waals surface area contributed by atoms with Gasteiger partial charge in [0.25, 0.3) is 0 Å². The van der Waals surface area contributed by atoms with Crippen molar-refractivity contribution in [3.63, 3.8) is 0 Å². The van der Waals surface area contributed by atoms with E-state index in [-0.39, 0.29) is 10.8 Å². The van der Waals surface area contributed by atoms with Crippen LogP contribution in [0, 0.1) is 0 Å². The van der Waals surface area contributed by atoms with Crippen molar-refractivity contribution in [1.82, 2.24) is 19.2 Å². The molecule has 1 amide bonds. The zero-order chi connectivity index (χ0) is 24.1. The van der Waals surface area contributed by atoms with E-state index in [1.807, 2.05) is 35.9 Å². The summed E-state index contributed by atoms with van der Waals surface area (Å²) in [6, 6.07) is 15.4. The quantitative estimate of drug-likeness (QED) is 0.500. The lowest BCUT2D eigenvalue weighted by atomic mass is 9.96. The van der Waals surface area contributed by atoms with Crippen LogP contribution < -0.4 is 5.32 Å². The molecule has 2 aromatic carbocycles. The van der Waals surface area contributed by atoms with Gasteiger partial charge in [-0.2, -0.15) is 4.31 Å². The molecule has 182 valence electrons. The number of nitrogens with one attached hydrogen (secondary N) is 1. The van der Waals surface area contributed by atoms with E-state index in [9.17, 15) is 13.2 Å². The van der Waals surface area contributed by atoms with Crippen molar-refractivity contribution in [2.75, 3.05) is 19.6 Å². The minimum absolute atomic E-state index is 0.00481. The Bertz CT molecular complexity index is 1230. The predicted octanol–water partition coefficient (Wildman–Crippen LogP) is 3.99. The number of carbonyl (C=O) groups excluding carboxylic acids is 1. The van der Waals surface area contributed by atoms with Gasteiger partial charge in [-0.05, 0) is 43.0 Å². The number of imidazole rings is 1. The molecule has 8 heteroatoms. The van der Waals surface area contributed by atoms with E-state index in [1.54, 1.807) is 16.4 Å². The Balaban J connectivity index is 1.40. The van der Waals surface area contributed by atoms with Crippen molar-refractivity contribution >= 4 is 27.0 Å². The van der Waals surface area contributed by atoms with Gasteiger partial charge in [-0.15, -0.1) is 0 Å². The summed E-state index contributed by atoms with van der Waals surface area (Å²) in [5.74, 6) is 1.06. The molecule has 1 aromatic heterocycles. The smallest absolute Gasteiger partial charge is 0.243 e. The fourth-order valence-electron chi connectivity index (χ4n) is 4.64. The molecule has 1 unspecified atom stereocenters. The van der Waals surface area contributed by atoms with E-state index in [2.05, 4.69) is 29.4 Å². The maximum atomic E-state index is 13.0. The monoisotopic (exact) mass is 482 g/mol. The van der Waals surface area contributed by atoms with Gasteiger partial charge in [0, 0.05) is 45.4 Å². The zero-order valence-corrected chi connectivity index (χ0v) is 20.9. The van der Waals surface area contributed by atoms with Gasteiger partial charge < -0.3 is 9.88 Å². The first-order valence-corrected chi connectivity index (χ1v) is 13.6. The highest BCUT2D eigenvalue weighted by Crippen LogP contribution is 2.25. The van der Waals surface area contributed by atoms with Crippen molar-refractivity contribution in [2.45, 2.75) is 56.3 Å². The fourth-order valence-corrected chi connectivity index (χ4v) is 6.18. The number of carbonyl (C=O) groups is 1. The van der Waals surface area contributed by atoms with Gasteiger partial charge >= 0.3 is 0 Å². The second-order valence-corrected chi connectivity index (χ2v) is 11.0. The van der Waals surface area contributed by atoms with Crippen molar-refractivity contribution < 1.29 is 13.2 Å². The van der Waals surface area contributed by atoms with Gasteiger partial charge in [0.2, 0.25) is 15.9 Å². The second kappa shape index (κ2) is 10.7. The number of amides is 1. The van der Waals surface area contributed by atoms with Crippen LogP contribution in [0.3, 0.4) is 0 Å². The number of benzene rings is 2. The fraction of sp³-hybridized carbons (Fsp3) is 0.462. The highest BCUT2D eigenvalue weighted by molar-refractivity contribution is 7.89. The molecule has 0 spiro atoms. The summed E-state index contributed by atoms with van der Waals surface area (Å²) < 4.78 is 29.6. The normalized spacial score (nSPS) is 15.9. The van der Waals surface area contributed by atoms with Gasteiger partial charge in [-0.3, -0.25) is 4.79 Å². The van der Waals surface area contributed by atoms with Crippen molar-refractivity contribution in [3.8, 4) is 0 Å². The highest BCUT2D eigenvalue weighted by Gasteiger charge is 2.26. The Morgan fingerprint density at radius 1 is 1.09 bits per heavy atom. The molecule has 1 N–H and O–H groups in total. The van der Waals surface area contributed by atoms with Crippen molar-refractivity contribution in [3.05, 3.63) is 59.9 Å². The lowest BCUT2D eigenvalue weighted by Crippen LogP contribution is -2.35. The standard InChI is InChI=1S/C26H34N4O3S/c1-3-20(21-10-6-4-7-11-21)19-27-26(31)15-14-25-28-23-18-22(12-13-24(23)29(25)2)34(32,33)30-16-8-5-9-17-30/h4,6-7,10-13,18,20H,3,5,8-9,14-17,19H2,1-2H3,(H,27,31). The molecule has 1 aliphatic rings. The maximum absolute atomic E-state index is 13.0. The first kappa shape index (κ1) is 24.4. The Labute approximate surface area is 202 Å². The number of nitrogens with zero attached hydrogens (tertiary/aromatic N) is 3. The number of aromatic nitrogens is 2. The van der Waals surface area contributed by atoms with Gasteiger partial charge in [0.1, 0.15) is 5.82 Å². The average Bonchev–Trinajstić information content (AvgIpc) is 3.19. The summed E-state index contributed by atoms with van der Waals surface area (Å²) in [4.78, 5) is 17.5. The number of sulfonamides is 1. The van der Waals surface area contributed by atoms with E-state index in [0.717, 1.165) is 37.0 Å². The molecule has 0 radical (unpaired) electrons. The van der Waals surface area contributed by atoms with Crippen LogP contribution in [0.25, 0.3) is 11.0 Å². The second-order valence-electron chi connectivity index (χ2n) is 9.02. The van der Waals surface area contributed by atoms with E-state index in [4.69, 9.17) is 0 Å². The molecular weight excluding hydrogens is 448 g/mol. The average molecular weight is 483 g/mol. The first-order valence-electron chi connectivity index (χ1n) is 12.2. The molecule has 7 nitrogen and oxygen atoms in total. The first-order chi connectivity index (χ1) is 16.4. The van der Waals surface area contributed by atoms with Gasteiger partial charge in [0.05, 0.1) is 15.9 Å². The number of hydrogen-bond donors (Lipinski definition) is 1. The van der Waals surface area contributed by atoms with Gasteiger partial charge in [-0.1, -0.05) is 43.7 Å². The minimum atomic E-state index is -3.50. The third-order valence-electron chi connectivity index (χ3n) is 6.78. The van der Waals surface area contributed by atoms with E-state index in [1.165, 1.54) is 5.56 Å². The molecule has 2 heterocycles. The largest absolute Gasteiger partial charge is 0.355 e. The molecule has 4 rings (SSSR count). The third kappa shape index (κ3) is 5.33. The molecule has 1 aliphatic heterocycles. The molecule has 1 fully saturated rings. The van der Waals surface area contributed by atoms with E-state index in [0.29, 0.717) is 43.9 Å². The van der Waals surface area contributed by atoms with E-state index >= 15 is 0 Å². The zero-order valence-electron chi connectivity index (χ0n) is 20.0. The molecule has 0 bridgehead atoms. The summed E-state index contributed by atoms with van der Waals surface area (Å²) in [5.41, 5.74) is 2.74. The van der Waals surface area contributed by atoms with Gasteiger partial charge in [0.15, 0.2) is 0 Å². The Morgan fingerprint density at radius 2 is 1.82 bits per heavy atom. The molecule has 3 aromatic rings. The highest BCUT2D eigenvalue weighted by atomic mass is 32.2.